The van der Waals surface area contributed by atoms with Crippen LogP contribution < -0.4 is 15.4 Å². The summed E-state index contributed by atoms with van der Waals surface area (Å²) in [4.78, 5) is 4.51. The summed E-state index contributed by atoms with van der Waals surface area (Å²) in [6, 6.07) is 8.07. The Hall–Kier alpha value is -1.03. The van der Waals surface area contributed by atoms with Gasteiger partial charge >= 0.3 is 0 Å². The van der Waals surface area contributed by atoms with E-state index >= 15 is 0 Å². The summed E-state index contributed by atoms with van der Waals surface area (Å²) in [5.74, 6) is 2.14. The average molecular weight is 511 g/mol. The topological polar surface area (TPSA) is 79.8 Å². The summed E-state index contributed by atoms with van der Waals surface area (Å²) in [6.45, 7) is 9.97. The fourth-order valence-corrected chi connectivity index (χ4v) is 3.20. The third-order valence-electron chi connectivity index (χ3n) is 3.81. The summed E-state index contributed by atoms with van der Waals surface area (Å²) in [6.07, 6.45) is 1.80. The Balaban J connectivity index is 0.00000676. The van der Waals surface area contributed by atoms with Gasteiger partial charge in [-0.3, -0.25) is 0 Å². The van der Waals surface area contributed by atoms with E-state index in [0.29, 0.717) is 31.4 Å². The third-order valence-corrected chi connectivity index (χ3v) is 4.79. The first-order chi connectivity index (χ1) is 12.2. The van der Waals surface area contributed by atoms with Gasteiger partial charge < -0.3 is 15.4 Å². The van der Waals surface area contributed by atoms with Crippen LogP contribution in [0.2, 0.25) is 0 Å². The lowest BCUT2D eigenvalue weighted by Crippen LogP contribution is -2.43. The molecule has 2 N–H and O–H groups in total. The molecule has 0 bridgehead atoms. The number of nitrogens with one attached hydrogen (secondary N) is 2. The second kappa shape index (κ2) is 13.2. The Kier molecular flexibility index (Phi) is 12.7. The predicted molar refractivity (Wildman–Crippen MR) is 124 cm³/mol. The maximum atomic E-state index is 11.3. The summed E-state index contributed by atoms with van der Waals surface area (Å²) in [5, 5.41) is 6.41. The van der Waals surface area contributed by atoms with E-state index in [2.05, 4.69) is 35.5 Å². The number of sulfone groups is 1. The van der Waals surface area contributed by atoms with Gasteiger partial charge in [0, 0.05) is 18.8 Å². The molecule has 27 heavy (non-hydrogen) atoms. The number of aliphatic imine (C=N–C) groups is 1. The highest BCUT2D eigenvalue weighted by molar-refractivity contribution is 14.0. The van der Waals surface area contributed by atoms with Crippen LogP contribution in [0.3, 0.4) is 0 Å². The van der Waals surface area contributed by atoms with Gasteiger partial charge in [0.15, 0.2) is 5.96 Å². The van der Waals surface area contributed by atoms with Crippen molar-refractivity contribution < 1.29 is 13.2 Å². The van der Waals surface area contributed by atoms with Crippen molar-refractivity contribution in [2.24, 2.45) is 4.99 Å². The number of para-hydroxylation sites is 1. The minimum atomic E-state index is -2.95. The third kappa shape index (κ3) is 11.4. The highest BCUT2D eigenvalue weighted by Crippen LogP contribution is 2.25. The molecule has 0 aliphatic rings. The van der Waals surface area contributed by atoms with Gasteiger partial charge in [-0.25, -0.2) is 13.4 Å². The number of benzene rings is 1. The molecule has 1 unspecified atom stereocenters. The molecular weight excluding hydrogens is 477 g/mol. The monoisotopic (exact) mass is 511 g/mol. The molecule has 0 amide bonds. The molecule has 0 radical (unpaired) electrons. The SMILES string of the molecule is CCNC(=NCCOc1ccccc1C(C)C)NC(C)CCS(C)(=O)=O.I. The standard InChI is InChI=1S/C19H33N3O3S.HI/c1-6-20-19(22-16(4)11-14-26(5,23)24)21-12-13-25-18-10-8-7-9-17(18)15(2)3;/h7-10,15-16H,6,11-14H2,1-5H3,(H2,20,21,22);1H. The number of rotatable bonds is 10. The Labute approximate surface area is 181 Å². The minimum Gasteiger partial charge on any atom is -0.491 e. The smallest absolute Gasteiger partial charge is 0.191 e. The number of hydrogen-bond acceptors (Lipinski definition) is 4. The molecule has 156 valence electrons. The predicted octanol–water partition coefficient (Wildman–Crippen LogP) is 3.19. The lowest BCUT2D eigenvalue weighted by molar-refractivity contribution is 0.323. The van der Waals surface area contributed by atoms with Gasteiger partial charge in [-0.15, -0.1) is 24.0 Å². The Morgan fingerprint density at radius 3 is 2.48 bits per heavy atom. The first kappa shape index (κ1) is 26.0. The fraction of sp³-hybridized carbons (Fsp3) is 0.632. The van der Waals surface area contributed by atoms with Crippen molar-refractivity contribution in [1.29, 1.82) is 0 Å². The van der Waals surface area contributed by atoms with Crippen molar-refractivity contribution in [3.05, 3.63) is 29.8 Å². The summed E-state index contributed by atoms with van der Waals surface area (Å²) in [5.41, 5.74) is 1.19. The second-order valence-corrected chi connectivity index (χ2v) is 9.03. The van der Waals surface area contributed by atoms with Crippen LogP contribution in [0.4, 0.5) is 0 Å². The van der Waals surface area contributed by atoms with Crippen LogP contribution in [-0.4, -0.2) is 52.1 Å². The maximum absolute atomic E-state index is 11.3. The molecule has 0 aromatic heterocycles. The van der Waals surface area contributed by atoms with Crippen molar-refractivity contribution in [3.8, 4) is 5.75 Å². The quantitative estimate of drug-likeness (QED) is 0.218. The lowest BCUT2D eigenvalue weighted by atomic mass is 10.0. The first-order valence-corrected chi connectivity index (χ1v) is 11.2. The average Bonchev–Trinajstić information content (AvgIpc) is 2.56. The van der Waals surface area contributed by atoms with Gasteiger partial charge in [0.05, 0.1) is 12.3 Å². The number of ether oxygens (including phenoxy) is 1. The zero-order valence-electron chi connectivity index (χ0n) is 17.0. The molecule has 0 heterocycles. The summed E-state index contributed by atoms with van der Waals surface area (Å²) in [7, 11) is -2.95. The lowest BCUT2D eigenvalue weighted by Gasteiger charge is -2.18. The van der Waals surface area contributed by atoms with Gasteiger partial charge in [-0.1, -0.05) is 32.0 Å². The van der Waals surface area contributed by atoms with Gasteiger partial charge in [-0.05, 0) is 37.8 Å². The number of nitrogens with zero attached hydrogens (tertiary/aromatic N) is 1. The van der Waals surface area contributed by atoms with E-state index in [4.69, 9.17) is 4.74 Å². The van der Waals surface area contributed by atoms with Crippen molar-refractivity contribution in [1.82, 2.24) is 10.6 Å². The zero-order valence-corrected chi connectivity index (χ0v) is 20.1. The van der Waals surface area contributed by atoms with Crippen LogP contribution in [-0.2, 0) is 9.84 Å². The number of guanidine groups is 1. The molecule has 0 aliphatic heterocycles. The van der Waals surface area contributed by atoms with Gasteiger partial charge in [-0.2, -0.15) is 0 Å². The van der Waals surface area contributed by atoms with Crippen LogP contribution in [0.25, 0.3) is 0 Å². The second-order valence-electron chi connectivity index (χ2n) is 6.77. The molecule has 0 fully saturated rings. The van der Waals surface area contributed by atoms with Gasteiger partial charge in [0.1, 0.15) is 22.2 Å². The van der Waals surface area contributed by atoms with E-state index in [1.807, 2.05) is 32.0 Å². The van der Waals surface area contributed by atoms with E-state index in [0.717, 1.165) is 12.3 Å². The van der Waals surface area contributed by atoms with Crippen LogP contribution >= 0.6 is 24.0 Å². The number of hydrogen-bond donors (Lipinski definition) is 2. The Morgan fingerprint density at radius 2 is 1.89 bits per heavy atom. The molecule has 0 spiro atoms. The molecule has 1 rings (SSSR count). The molecule has 0 saturated carbocycles. The van der Waals surface area contributed by atoms with E-state index < -0.39 is 9.84 Å². The molecule has 8 heteroatoms. The van der Waals surface area contributed by atoms with Crippen LogP contribution in [0.5, 0.6) is 5.75 Å². The van der Waals surface area contributed by atoms with Crippen LogP contribution in [0.1, 0.15) is 45.6 Å². The van der Waals surface area contributed by atoms with Crippen LogP contribution in [0, 0.1) is 0 Å². The van der Waals surface area contributed by atoms with Crippen molar-refractivity contribution in [2.75, 3.05) is 31.7 Å². The number of halogens is 1. The maximum Gasteiger partial charge on any atom is 0.191 e. The Morgan fingerprint density at radius 1 is 1.22 bits per heavy atom. The van der Waals surface area contributed by atoms with Crippen molar-refractivity contribution >= 4 is 39.8 Å². The highest BCUT2D eigenvalue weighted by atomic mass is 127. The van der Waals surface area contributed by atoms with Crippen molar-refractivity contribution in [2.45, 2.75) is 46.1 Å². The Bertz CT molecular complexity index is 679. The fourth-order valence-electron chi connectivity index (χ4n) is 2.42. The molecule has 1 aromatic carbocycles. The summed E-state index contributed by atoms with van der Waals surface area (Å²) >= 11 is 0. The van der Waals surface area contributed by atoms with Crippen molar-refractivity contribution in [3.63, 3.8) is 0 Å². The molecule has 0 aliphatic carbocycles. The largest absolute Gasteiger partial charge is 0.491 e. The molecule has 0 saturated heterocycles. The molecule has 6 nitrogen and oxygen atoms in total. The van der Waals surface area contributed by atoms with E-state index in [-0.39, 0.29) is 35.8 Å². The summed E-state index contributed by atoms with van der Waals surface area (Å²) < 4.78 is 28.4. The van der Waals surface area contributed by atoms with Gasteiger partial charge in [0.25, 0.3) is 0 Å². The first-order valence-electron chi connectivity index (χ1n) is 9.17. The molecule has 1 atom stereocenters. The van der Waals surface area contributed by atoms with E-state index in [9.17, 15) is 8.42 Å². The minimum absolute atomic E-state index is 0. The van der Waals surface area contributed by atoms with E-state index in [1.54, 1.807) is 0 Å². The van der Waals surface area contributed by atoms with E-state index in [1.165, 1.54) is 11.8 Å². The molecular formula is C19H34IN3O3S. The molecule has 1 aromatic rings. The zero-order chi connectivity index (χ0) is 19.6. The highest BCUT2D eigenvalue weighted by Gasteiger charge is 2.10. The van der Waals surface area contributed by atoms with Gasteiger partial charge in [0.2, 0.25) is 0 Å². The normalized spacial score (nSPS) is 13.0. The van der Waals surface area contributed by atoms with Crippen LogP contribution in [0.15, 0.2) is 29.3 Å².